The first-order valence-corrected chi connectivity index (χ1v) is 4.39. The molecule has 0 aliphatic carbocycles. The number of aromatic amines is 1. The van der Waals surface area contributed by atoms with E-state index in [9.17, 15) is 4.79 Å². The molecule has 0 saturated carbocycles. The number of H-pyrrole nitrogens is 1. The summed E-state index contributed by atoms with van der Waals surface area (Å²) in [5.74, 6) is 0.779. The summed E-state index contributed by atoms with van der Waals surface area (Å²) in [6.45, 7) is 1.96. The van der Waals surface area contributed by atoms with Crippen LogP contribution < -0.4 is 10.3 Å². The van der Waals surface area contributed by atoms with Gasteiger partial charge in [0.1, 0.15) is 5.75 Å². The lowest BCUT2D eigenvalue weighted by Gasteiger charge is -2.06. The van der Waals surface area contributed by atoms with Crippen LogP contribution in [0, 0.1) is 6.92 Å². The Morgan fingerprint density at radius 3 is 2.71 bits per heavy atom. The van der Waals surface area contributed by atoms with E-state index in [0.29, 0.717) is 0 Å². The van der Waals surface area contributed by atoms with E-state index in [-0.39, 0.29) is 5.56 Å². The predicted molar refractivity (Wildman–Crippen MR) is 55.9 cm³/mol. The Morgan fingerprint density at radius 2 is 2.00 bits per heavy atom. The van der Waals surface area contributed by atoms with Crippen molar-refractivity contribution in [1.82, 2.24) is 4.98 Å². The molecule has 0 fully saturated rings. The van der Waals surface area contributed by atoms with Crippen LogP contribution in [-0.2, 0) is 0 Å². The Balaban J connectivity index is 2.91. The van der Waals surface area contributed by atoms with Crippen molar-refractivity contribution in [2.24, 2.45) is 0 Å². The summed E-state index contributed by atoms with van der Waals surface area (Å²) in [5.41, 5.74) is 1.80. The maximum Gasteiger partial charge on any atom is 0.248 e. The van der Waals surface area contributed by atoms with Gasteiger partial charge in [0.25, 0.3) is 0 Å². The number of aromatic nitrogens is 1. The van der Waals surface area contributed by atoms with E-state index in [1.165, 1.54) is 6.07 Å². The molecule has 2 aromatic rings. The van der Waals surface area contributed by atoms with Crippen LogP contribution in [0.1, 0.15) is 5.56 Å². The third-order valence-corrected chi connectivity index (χ3v) is 2.28. The van der Waals surface area contributed by atoms with Gasteiger partial charge in [0, 0.05) is 11.5 Å². The molecule has 0 bridgehead atoms. The van der Waals surface area contributed by atoms with Gasteiger partial charge in [-0.15, -0.1) is 0 Å². The molecule has 3 nitrogen and oxygen atoms in total. The van der Waals surface area contributed by atoms with E-state index in [1.54, 1.807) is 13.2 Å². The van der Waals surface area contributed by atoms with Crippen molar-refractivity contribution in [1.29, 1.82) is 0 Å². The molecule has 0 unspecified atom stereocenters. The van der Waals surface area contributed by atoms with Gasteiger partial charge in [-0.25, -0.2) is 0 Å². The molecule has 0 amide bonds. The lowest BCUT2D eigenvalue weighted by atomic mass is 10.1. The molecule has 3 heteroatoms. The number of pyridine rings is 1. The van der Waals surface area contributed by atoms with Crippen molar-refractivity contribution >= 4 is 10.9 Å². The normalized spacial score (nSPS) is 10.4. The second-order valence-corrected chi connectivity index (χ2v) is 3.20. The van der Waals surface area contributed by atoms with Crippen molar-refractivity contribution < 1.29 is 4.74 Å². The van der Waals surface area contributed by atoms with Crippen molar-refractivity contribution in [2.45, 2.75) is 6.92 Å². The van der Waals surface area contributed by atoms with Gasteiger partial charge in [-0.2, -0.15) is 0 Å². The molecule has 1 aromatic heterocycles. The number of ether oxygens (including phenoxy) is 1. The first-order chi connectivity index (χ1) is 6.72. The summed E-state index contributed by atoms with van der Waals surface area (Å²) in [7, 11) is 1.62. The van der Waals surface area contributed by atoms with Crippen LogP contribution in [0.2, 0.25) is 0 Å². The number of aryl methyl sites for hydroxylation is 1. The molecule has 1 heterocycles. The summed E-state index contributed by atoms with van der Waals surface area (Å²) in [4.78, 5) is 13.9. The Morgan fingerprint density at radius 1 is 1.21 bits per heavy atom. The number of benzene rings is 1. The van der Waals surface area contributed by atoms with E-state index < -0.39 is 0 Å². The molecule has 0 aliphatic heterocycles. The zero-order valence-corrected chi connectivity index (χ0v) is 8.13. The van der Waals surface area contributed by atoms with Crippen LogP contribution in [-0.4, -0.2) is 12.1 Å². The van der Waals surface area contributed by atoms with Gasteiger partial charge in [0.05, 0.1) is 12.6 Å². The van der Waals surface area contributed by atoms with E-state index >= 15 is 0 Å². The Labute approximate surface area is 81.3 Å². The molecule has 1 N–H and O–H groups in total. The predicted octanol–water partition coefficient (Wildman–Crippen LogP) is 1.85. The van der Waals surface area contributed by atoms with Gasteiger partial charge in [-0.1, -0.05) is 6.07 Å². The SMILES string of the molecule is COc1ccc(C)c2[nH]c(=O)ccc12. The standard InChI is InChI=1S/C11H11NO2/c1-7-3-5-9(14-2)8-4-6-10(13)12-11(7)8/h3-6H,1-2H3,(H,12,13). The number of rotatable bonds is 1. The van der Waals surface area contributed by atoms with Gasteiger partial charge >= 0.3 is 0 Å². The quantitative estimate of drug-likeness (QED) is 0.743. The second kappa shape index (κ2) is 3.18. The highest BCUT2D eigenvalue weighted by Crippen LogP contribution is 2.25. The number of fused-ring (bicyclic) bond motifs is 1. The fourth-order valence-electron chi connectivity index (χ4n) is 1.54. The summed E-state index contributed by atoms with van der Waals surface area (Å²) in [6.07, 6.45) is 0. The van der Waals surface area contributed by atoms with Crippen molar-refractivity contribution in [3.63, 3.8) is 0 Å². The first-order valence-electron chi connectivity index (χ1n) is 4.39. The van der Waals surface area contributed by atoms with Crippen LogP contribution in [0.25, 0.3) is 10.9 Å². The average molecular weight is 189 g/mol. The highest BCUT2D eigenvalue weighted by molar-refractivity contribution is 5.87. The van der Waals surface area contributed by atoms with Gasteiger partial charge in [-0.05, 0) is 24.6 Å². The third-order valence-electron chi connectivity index (χ3n) is 2.28. The maximum atomic E-state index is 11.1. The van der Waals surface area contributed by atoms with Crippen LogP contribution in [0.15, 0.2) is 29.1 Å². The summed E-state index contributed by atoms with van der Waals surface area (Å²) in [6, 6.07) is 7.11. The van der Waals surface area contributed by atoms with Crippen molar-refractivity contribution in [3.05, 3.63) is 40.2 Å². The van der Waals surface area contributed by atoms with Crippen LogP contribution >= 0.6 is 0 Å². The molecule has 0 atom stereocenters. The van der Waals surface area contributed by atoms with Gasteiger partial charge in [0.2, 0.25) is 5.56 Å². The molecule has 72 valence electrons. The molecule has 0 saturated heterocycles. The number of methoxy groups -OCH3 is 1. The zero-order valence-electron chi connectivity index (χ0n) is 8.13. The maximum absolute atomic E-state index is 11.1. The lowest BCUT2D eigenvalue weighted by molar-refractivity contribution is 0.419. The molecule has 2 rings (SSSR count). The first kappa shape index (κ1) is 8.81. The van der Waals surface area contributed by atoms with Gasteiger partial charge in [0.15, 0.2) is 0 Å². The zero-order chi connectivity index (χ0) is 10.1. The largest absolute Gasteiger partial charge is 0.496 e. The number of hydrogen-bond donors (Lipinski definition) is 1. The van der Waals surface area contributed by atoms with E-state index in [0.717, 1.165) is 22.2 Å². The summed E-state index contributed by atoms with van der Waals surface area (Å²) in [5, 5.41) is 0.937. The van der Waals surface area contributed by atoms with Gasteiger partial charge in [-0.3, -0.25) is 4.79 Å². The summed E-state index contributed by atoms with van der Waals surface area (Å²) < 4.78 is 5.20. The minimum atomic E-state index is -0.0890. The third kappa shape index (κ3) is 1.27. The fourth-order valence-corrected chi connectivity index (χ4v) is 1.54. The minimum absolute atomic E-state index is 0.0890. The molecular weight excluding hydrogens is 178 g/mol. The molecular formula is C11H11NO2. The van der Waals surface area contributed by atoms with E-state index in [4.69, 9.17) is 4.74 Å². The Hall–Kier alpha value is -1.77. The number of hydrogen-bond acceptors (Lipinski definition) is 2. The smallest absolute Gasteiger partial charge is 0.248 e. The molecule has 0 radical (unpaired) electrons. The fraction of sp³-hybridized carbons (Fsp3) is 0.182. The van der Waals surface area contributed by atoms with E-state index in [2.05, 4.69) is 4.98 Å². The van der Waals surface area contributed by atoms with Crippen LogP contribution in [0.3, 0.4) is 0 Å². The van der Waals surface area contributed by atoms with E-state index in [1.807, 2.05) is 19.1 Å². The highest BCUT2D eigenvalue weighted by Gasteiger charge is 2.03. The Bertz CT molecular complexity index is 528. The molecule has 14 heavy (non-hydrogen) atoms. The topological polar surface area (TPSA) is 42.1 Å². The van der Waals surface area contributed by atoms with Crippen LogP contribution in [0.5, 0.6) is 5.75 Å². The Kier molecular flexibility index (Phi) is 2.00. The molecule has 0 aliphatic rings. The summed E-state index contributed by atoms with van der Waals surface area (Å²) >= 11 is 0. The molecule has 1 aromatic carbocycles. The minimum Gasteiger partial charge on any atom is -0.496 e. The highest BCUT2D eigenvalue weighted by atomic mass is 16.5. The van der Waals surface area contributed by atoms with Crippen molar-refractivity contribution in [3.8, 4) is 5.75 Å². The number of nitrogens with one attached hydrogen (secondary N) is 1. The monoisotopic (exact) mass is 189 g/mol. The van der Waals surface area contributed by atoms with Gasteiger partial charge < -0.3 is 9.72 Å². The lowest BCUT2D eigenvalue weighted by Crippen LogP contribution is -2.03. The second-order valence-electron chi connectivity index (χ2n) is 3.20. The van der Waals surface area contributed by atoms with Crippen LogP contribution in [0.4, 0.5) is 0 Å². The average Bonchev–Trinajstić information content (AvgIpc) is 2.19. The van der Waals surface area contributed by atoms with Crippen molar-refractivity contribution in [2.75, 3.05) is 7.11 Å². The molecule has 0 spiro atoms.